The number of benzene rings is 2. The van der Waals surface area contributed by atoms with Crippen molar-refractivity contribution in [2.24, 2.45) is 5.73 Å². The summed E-state index contributed by atoms with van der Waals surface area (Å²) in [6, 6.07) is 13.7. The Labute approximate surface area is 114 Å². The third-order valence-corrected chi connectivity index (χ3v) is 3.12. The molecule has 5 nitrogen and oxygen atoms in total. The fraction of sp³-hybridized carbons (Fsp3) is 0. The van der Waals surface area contributed by atoms with E-state index in [0.717, 1.165) is 0 Å². The van der Waals surface area contributed by atoms with Crippen molar-refractivity contribution in [3.8, 4) is 11.3 Å². The third kappa shape index (κ3) is 1.85. The SMILES string of the molecule is NC(=O)c1ccccc1-c1n[nH]c2ccccc2c1=O. The van der Waals surface area contributed by atoms with E-state index in [1.807, 2.05) is 6.07 Å². The van der Waals surface area contributed by atoms with Crippen molar-refractivity contribution >= 4 is 16.8 Å². The van der Waals surface area contributed by atoms with Gasteiger partial charge in [-0.3, -0.25) is 14.7 Å². The van der Waals surface area contributed by atoms with Crippen LogP contribution in [0.3, 0.4) is 0 Å². The van der Waals surface area contributed by atoms with Crippen LogP contribution in [0.2, 0.25) is 0 Å². The van der Waals surface area contributed by atoms with Gasteiger partial charge in [0.15, 0.2) is 0 Å². The highest BCUT2D eigenvalue weighted by molar-refractivity contribution is 5.99. The molecule has 3 N–H and O–H groups in total. The lowest BCUT2D eigenvalue weighted by Crippen LogP contribution is -2.16. The molecule has 0 saturated heterocycles. The molecule has 0 radical (unpaired) electrons. The number of nitrogens with zero attached hydrogens (tertiary/aromatic N) is 1. The number of para-hydroxylation sites is 1. The number of fused-ring (bicyclic) bond motifs is 1. The molecule has 0 aliphatic heterocycles. The normalized spacial score (nSPS) is 10.6. The van der Waals surface area contributed by atoms with E-state index in [-0.39, 0.29) is 16.7 Å². The Morgan fingerprint density at radius 3 is 2.55 bits per heavy atom. The first kappa shape index (κ1) is 12.1. The van der Waals surface area contributed by atoms with Gasteiger partial charge in [0.2, 0.25) is 11.3 Å². The number of carbonyl (C=O) groups is 1. The number of aromatic nitrogens is 2. The molecular formula is C15H11N3O2. The zero-order chi connectivity index (χ0) is 14.1. The van der Waals surface area contributed by atoms with Gasteiger partial charge in [0.05, 0.1) is 5.52 Å². The summed E-state index contributed by atoms with van der Waals surface area (Å²) >= 11 is 0. The van der Waals surface area contributed by atoms with E-state index in [9.17, 15) is 9.59 Å². The highest BCUT2D eigenvalue weighted by atomic mass is 16.1. The molecule has 5 heteroatoms. The highest BCUT2D eigenvalue weighted by Crippen LogP contribution is 2.19. The maximum Gasteiger partial charge on any atom is 0.249 e. The van der Waals surface area contributed by atoms with Crippen LogP contribution in [0.1, 0.15) is 10.4 Å². The number of amides is 1. The molecule has 20 heavy (non-hydrogen) atoms. The topological polar surface area (TPSA) is 88.8 Å². The molecule has 1 heterocycles. The first-order chi connectivity index (χ1) is 9.68. The molecule has 0 aliphatic carbocycles. The Bertz CT molecular complexity index is 868. The van der Waals surface area contributed by atoms with E-state index in [1.54, 1.807) is 42.5 Å². The lowest BCUT2D eigenvalue weighted by atomic mass is 10.0. The molecule has 0 aliphatic rings. The predicted molar refractivity (Wildman–Crippen MR) is 76.3 cm³/mol. The second-order valence-corrected chi connectivity index (χ2v) is 4.36. The van der Waals surface area contributed by atoms with Crippen LogP contribution in [0.15, 0.2) is 53.3 Å². The molecule has 0 fully saturated rings. The molecule has 98 valence electrons. The summed E-state index contributed by atoms with van der Waals surface area (Å²) in [5.74, 6) is -0.588. The molecule has 0 spiro atoms. The molecule has 3 rings (SSSR count). The van der Waals surface area contributed by atoms with E-state index in [2.05, 4.69) is 10.2 Å². The minimum Gasteiger partial charge on any atom is -0.366 e. The molecule has 1 aromatic heterocycles. The van der Waals surface area contributed by atoms with Gasteiger partial charge in [-0.15, -0.1) is 0 Å². The molecular weight excluding hydrogens is 254 g/mol. The van der Waals surface area contributed by atoms with Crippen LogP contribution in [0.25, 0.3) is 22.2 Å². The number of hydrogen-bond acceptors (Lipinski definition) is 3. The molecule has 2 aromatic carbocycles. The smallest absolute Gasteiger partial charge is 0.249 e. The lowest BCUT2D eigenvalue weighted by molar-refractivity contribution is 0.100. The van der Waals surface area contributed by atoms with Crippen LogP contribution in [0, 0.1) is 0 Å². The molecule has 0 atom stereocenters. The molecule has 3 aromatic rings. The number of carbonyl (C=O) groups excluding carboxylic acids is 1. The number of primary amides is 1. The first-order valence-corrected chi connectivity index (χ1v) is 6.05. The minimum atomic E-state index is -0.588. The van der Waals surface area contributed by atoms with Gasteiger partial charge in [-0.05, 0) is 18.2 Å². The van der Waals surface area contributed by atoms with Crippen molar-refractivity contribution in [3.63, 3.8) is 0 Å². The Hall–Kier alpha value is -2.95. The quantitative estimate of drug-likeness (QED) is 0.739. The molecule has 0 bridgehead atoms. The summed E-state index contributed by atoms with van der Waals surface area (Å²) in [5.41, 5.74) is 6.67. The second-order valence-electron chi connectivity index (χ2n) is 4.36. The van der Waals surface area contributed by atoms with E-state index in [1.165, 1.54) is 0 Å². The number of nitrogens with two attached hydrogens (primary N) is 1. The second kappa shape index (κ2) is 4.62. The van der Waals surface area contributed by atoms with Crippen LogP contribution in [-0.4, -0.2) is 16.1 Å². The number of H-pyrrole nitrogens is 1. The van der Waals surface area contributed by atoms with Crippen molar-refractivity contribution in [3.05, 3.63) is 64.3 Å². The van der Waals surface area contributed by atoms with Crippen molar-refractivity contribution in [1.82, 2.24) is 10.2 Å². The van der Waals surface area contributed by atoms with Crippen LogP contribution >= 0.6 is 0 Å². The van der Waals surface area contributed by atoms with Crippen molar-refractivity contribution in [2.75, 3.05) is 0 Å². The molecule has 1 amide bonds. The standard InChI is InChI=1S/C15H11N3O2/c16-15(20)10-6-2-1-5-9(10)13-14(19)11-7-3-4-8-12(11)17-18-13/h1-8H,(H2,16,20)(H,17,19). The average Bonchev–Trinajstić information content (AvgIpc) is 2.48. The Morgan fingerprint density at radius 2 is 1.75 bits per heavy atom. The zero-order valence-corrected chi connectivity index (χ0v) is 10.5. The van der Waals surface area contributed by atoms with Gasteiger partial charge in [0.25, 0.3) is 0 Å². The number of hydrogen-bond donors (Lipinski definition) is 2. The van der Waals surface area contributed by atoms with Crippen LogP contribution in [0.4, 0.5) is 0 Å². The molecule has 0 unspecified atom stereocenters. The maximum atomic E-state index is 12.5. The Morgan fingerprint density at radius 1 is 1.05 bits per heavy atom. The number of aromatic amines is 1. The van der Waals surface area contributed by atoms with E-state index < -0.39 is 5.91 Å². The lowest BCUT2D eigenvalue weighted by Gasteiger charge is -2.06. The summed E-state index contributed by atoms with van der Waals surface area (Å²) in [6.45, 7) is 0. The van der Waals surface area contributed by atoms with Crippen LogP contribution < -0.4 is 11.2 Å². The summed E-state index contributed by atoms with van der Waals surface area (Å²) in [4.78, 5) is 23.9. The number of nitrogens with one attached hydrogen (secondary N) is 1. The number of rotatable bonds is 2. The van der Waals surface area contributed by atoms with Gasteiger partial charge in [-0.2, -0.15) is 5.10 Å². The zero-order valence-electron chi connectivity index (χ0n) is 10.5. The van der Waals surface area contributed by atoms with Gasteiger partial charge in [0, 0.05) is 16.5 Å². The van der Waals surface area contributed by atoms with Gasteiger partial charge in [-0.1, -0.05) is 30.3 Å². The van der Waals surface area contributed by atoms with Gasteiger partial charge < -0.3 is 5.73 Å². The van der Waals surface area contributed by atoms with Crippen molar-refractivity contribution < 1.29 is 4.79 Å². The summed E-state index contributed by atoms with van der Waals surface area (Å²) in [5, 5.41) is 7.42. The van der Waals surface area contributed by atoms with Gasteiger partial charge >= 0.3 is 0 Å². The van der Waals surface area contributed by atoms with Gasteiger partial charge in [0.1, 0.15) is 5.69 Å². The minimum absolute atomic E-state index is 0.193. The van der Waals surface area contributed by atoms with Crippen LogP contribution in [0.5, 0.6) is 0 Å². The largest absolute Gasteiger partial charge is 0.366 e. The van der Waals surface area contributed by atoms with E-state index >= 15 is 0 Å². The Balaban J connectivity index is 2.34. The average molecular weight is 265 g/mol. The van der Waals surface area contributed by atoms with Crippen molar-refractivity contribution in [2.45, 2.75) is 0 Å². The monoisotopic (exact) mass is 265 g/mol. The van der Waals surface area contributed by atoms with E-state index in [4.69, 9.17) is 5.73 Å². The van der Waals surface area contributed by atoms with Crippen LogP contribution in [-0.2, 0) is 0 Å². The van der Waals surface area contributed by atoms with E-state index in [0.29, 0.717) is 16.5 Å². The molecule has 0 saturated carbocycles. The summed E-state index contributed by atoms with van der Waals surface area (Å²) < 4.78 is 0. The maximum absolute atomic E-state index is 12.5. The Kier molecular flexibility index (Phi) is 2.80. The summed E-state index contributed by atoms with van der Waals surface area (Å²) in [7, 11) is 0. The van der Waals surface area contributed by atoms with Gasteiger partial charge in [-0.25, -0.2) is 0 Å². The highest BCUT2D eigenvalue weighted by Gasteiger charge is 2.14. The van der Waals surface area contributed by atoms with Crippen molar-refractivity contribution in [1.29, 1.82) is 0 Å². The summed E-state index contributed by atoms with van der Waals surface area (Å²) in [6.07, 6.45) is 0. The first-order valence-electron chi connectivity index (χ1n) is 6.05. The third-order valence-electron chi connectivity index (χ3n) is 3.12. The fourth-order valence-electron chi connectivity index (χ4n) is 2.16. The fourth-order valence-corrected chi connectivity index (χ4v) is 2.16. The predicted octanol–water partition coefficient (Wildman–Crippen LogP) is 1.69.